The predicted molar refractivity (Wildman–Crippen MR) is 99.8 cm³/mol. The molecule has 2 aromatic rings. The monoisotopic (exact) mass is 590 g/mol. The van der Waals surface area contributed by atoms with Crippen molar-refractivity contribution >= 4 is 31.6 Å². The van der Waals surface area contributed by atoms with Gasteiger partial charge in [0.1, 0.15) is 0 Å². The van der Waals surface area contributed by atoms with E-state index >= 15 is 0 Å². The Morgan fingerprint density at radius 3 is 2.57 bits per heavy atom. The molecule has 154 valence electrons. The van der Waals surface area contributed by atoms with Crippen molar-refractivity contribution in [3.05, 3.63) is 52.0 Å². The van der Waals surface area contributed by atoms with E-state index in [4.69, 9.17) is 0 Å². The van der Waals surface area contributed by atoms with Gasteiger partial charge in [0, 0.05) is 0 Å². The van der Waals surface area contributed by atoms with E-state index in [-0.39, 0.29) is 25.7 Å². The van der Waals surface area contributed by atoms with Crippen LogP contribution in [-0.2, 0) is 22.9 Å². The van der Waals surface area contributed by atoms with Crippen molar-refractivity contribution in [2.24, 2.45) is 0 Å². The summed E-state index contributed by atoms with van der Waals surface area (Å²) in [6.07, 6.45) is -1.99. The Labute approximate surface area is 180 Å². The van der Waals surface area contributed by atoms with Gasteiger partial charge in [0.25, 0.3) is 0 Å². The number of ether oxygens (including phenoxy) is 1. The summed E-state index contributed by atoms with van der Waals surface area (Å²) in [5.41, 5.74) is 2.64. The van der Waals surface area contributed by atoms with Crippen LogP contribution in [0.2, 0.25) is 0 Å². The van der Waals surface area contributed by atoms with Crippen molar-refractivity contribution < 1.29 is 47.5 Å². The van der Waals surface area contributed by atoms with Gasteiger partial charge in [0.15, 0.2) is 0 Å². The van der Waals surface area contributed by atoms with E-state index in [1.165, 1.54) is 16.1 Å². The third-order valence-electron chi connectivity index (χ3n) is 4.09. The summed E-state index contributed by atoms with van der Waals surface area (Å²) >= 11 is 3.21. The number of halogens is 5. The molecule has 0 atom stereocenters. The first-order valence-corrected chi connectivity index (χ1v) is 13.7. The van der Waals surface area contributed by atoms with Crippen molar-refractivity contribution in [2.75, 3.05) is 13.6 Å². The van der Waals surface area contributed by atoms with Gasteiger partial charge in [-0.3, -0.25) is 0 Å². The third kappa shape index (κ3) is 5.76. The number of benzene rings is 2. The molecule has 1 aliphatic heterocycles. The Balaban J connectivity index is 1.91. The first kappa shape index (κ1) is 21.7. The summed E-state index contributed by atoms with van der Waals surface area (Å²) in [7, 11) is -4.26. The van der Waals surface area contributed by atoms with Crippen LogP contribution in [0, 0.1) is 0 Å². The predicted octanol–water partition coefficient (Wildman–Crippen LogP) is 1.73. The van der Waals surface area contributed by atoms with E-state index in [9.17, 15) is 21.6 Å². The van der Waals surface area contributed by atoms with E-state index in [1.54, 1.807) is 12.1 Å². The minimum atomic E-state index is -5.00. The average molecular weight is 591 g/mol. The maximum absolute atomic E-state index is 12.7. The fourth-order valence-corrected chi connectivity index (χ4v) is 6.82. The fourth-order valence-electron chi connectivity index (χ4n) is 2.90. The molecule has 3 rings (SSSR count). The standard InChI is InChI=1S/C18H17BrF3INO3S/c19-14-4-6-17(16(11-14)27-18(20,21)22)28(25,26)24-15-5-3-12-2-1-8-23-9-7-13(12)10-15/h3-6,10-11,24H,1-2,7-9H2/q-1. The van der Waals surface area contributed by atoms with Crippen LogP contribution in [0.5, 0.6) is 5.75 Å². The summed E-state index contributed by atoms with van der Waals surface area (Å²) in [6.45, 7) is 0. The van der Waals surface area contributed by atoms with Crippen LogP contribution in [0.15, 0.2) is 45.8 Å². The van der Waals surface area contributed by atoms with Crippen LogP contribution in [-0.4, -0.2) is 23.6 Å². The molecule has 0 unspecified atom stereocenters. The average Bonchev–Trinajstić information content (AvgIpc) is 2.54. The topological polar surface area (TPSA) is 55.4 Å². The minimum absolute atomic E-state index is 0.182. The van der Waals surface area contributed by atoms with Crippen molar-refractivity contribution in [2.45, 2.75) is 30.5 Å². The molecule has 1 heterocycles. The molecule has 28 heavy (non-hydrogen) atoms. The van der Waals surface area contributed by atoms with E-state index in [0.717, 1.165) is 41.4 Å². The van der Waals surface area contributed by atoms with Crippen LogP contribution in [0.25, 0.3) is 0 Å². The molecule has 0 bridgehead atoms. The Kier molecular flexibility index (Phi) is 6.80. The molecule has 0 saturated carbocycles. The number of hydrogen-bond acceptors (Lipinski definition) is 3. The number of rotatable bonds is 4. The van der Waals surface area contributed by atoms with Gasteiger partial charge in [-0.2, -0.15) is 0 Å². The number of nitrogens with one attached hydrogen (secondary N) is 1. The number of aryl methyl sites for hydroxylation is 2. The van der Waals surface area contributed by atoms with Gasteiger partial charge < -0.3 is 0 Å². The van der Waals surface area contributed by atoms with Crippen LogP contribution in [0.4, 0.5) is 18.9 Å². The van der Waals surface area contributed by atoms with E-state index in [2.05, 4.69) is 25.4 Å². The van der Waals surface area contributed by atoms with Gasteiger partial charge in [0.05, 0.1) is 0 Å². The van der Waals surface area contributed by atoms with Crippen LogP contribution in [0.3, 0.4) is 0 Å². The zero-order chi connectivity index (χ0) is 20.4. The molecular weight excluding hydrogens is 574 g/mol. The Morgan fingerprint density at radius 2 is 1.82 bits per heavy atom. The molecule has 0 aromatic heterocycles. The van der Waals surface area contributed by atoms with Crippen LogP contribution >= 0.6 is 15.9 Å². The van der Waals surface area contributed by atoms with Crippen LogP contribution < -0.4 is 30.7 Å². The normalized spacial score (nSPS) is 15.6. The number of sulfonamides is 1. The third-order valence-corrected chi connectivity index (χ3v) is 8.83. The van der Waals surface area contributed by atoms with Gasteiger partial charge in [-0.1, -0.05) is 0 Å². The van der Waals surface area contributed by atoms with Gasteiger partial charge in [-0.15, -0.1) is 0 Å². The molecule has 1 N–H and O–H groups in total. The zero-order valence-corrected chi connectivity index (χ0v) is 19.1. The molecule has 0 fully saturated rings. The molecule has 0 saturated heterocycles. The van der Waals surface area contributed by atoms with Gasteiger partial charge in [-0.05, 0) is 0 Å². The summed E-state index contributed by atoms with van der Waals surface area (Å²) < 4.78 is 72.5. The van der Waals surface area contributed by atoms with Gasteiger partial charge >= 0.3 is 181 Å². The second kappa shape index (κ2) is 8.78. The molecule has 2 aromatic carbocycles. The molecule has 0 spiro atoms. The summed E-state index contributed by atoms with van der Waals surface area (Å²) in [4.78, 5) is -0.578. The van der Waals surface area contributed by atoms with Gasteiger partial charge in [0.2, 0.25) is 0 Å². The van der Waals surface area contributed by atoms with Crippen molar-refractivity contribution in [3.8, 4) is 5.75 Å². The maximum atomic E-state index is 12.7. The number of fused-ring (bicyclic) bond motifs is 1. The summed E-state index contributed by atoms with van der Waals surface area (Å²) in [5.74, 6) is -0.787. The molecule has 0 aliphatic carbocycles. The first-order valence-electron chi connectivity index (χ1n) is 8.37. The second-order valence-electron chi connectivity index (χ2n) is 6.15. The summed E-state index contributed by atoms with van der Waals surface area (Å²) in [6, 6.07) is 8.73. The first-order chi connectivity index (χ1) is 13.1. The molecule has 0 amide bonds. The molecule has 0 radical (unpaired) electrons. The Bertz CT molecular complexity index is 967. The zero-order valence-electron chi connectivity index (χ0n) is 14.5. The fraction of sp³-hybridized carbons (Fsp3) is 0.333. The molecule has 1 aliphatic rings. The van der Waals surface area contributed by atoms with Crippen molar-refractivity contribution in [1.29, 1.82) is 0 Å². The number of hydrogen-bond donors (Lipinski definition) is 1. The molecule has 4 nitrogen and oxygen atoms in total. The number of anilines is 1. The van der Waals surface area contributed by atoms with Gasteiger partial charge in [-0.25, -0.2) is 0 Å². The van der Waals surface area contributed by atoms with E-state index in [0.29, 0.717) is 5.69 Å². The van der Waals surface area contributed by atoms with Crippen molar-refractivity contribution in [3.63, 3.8) is 0 Å². The Hall–Kier alpha value is -1.01. The van der Waals surface area contributed by atoms with Crippen LogP contribution in [0.1, 0.15) is 17.5 Å². The molecular formula is C18H17BrF3INO3S-. The summed E-state index contributed by atoms with van der Waals surface area (Å²) in [5, 5.41) is 0. The Morgan fingerprint density at radius 1 is 1.04 bits per heavy atom. The SMILES string of the molecule is O=S(=O)(Nc1ccc2c(c1)CC[I-]CCC2)c1ccc(Br)cc1OC(F)(F)F. The quantitative estimate of drug-likeness (QED) is 0.436. The van der Waals surface area contributed by atoms with E-state index in [1.807, 2.05) is 6.07 Å². The van der Waals surface area contributed by atoms with E-state index < -0.39 is 27.0 Å². The molecule has 10 heteroatoms. The second-order valence-corrected chi connectivity index (χ2v) is 12.0. The number of alkyl halides is 5. The van der Waals surface area contributed by atoms with Crippen molar-refractivity contribution in [1.82, 2.24) is 0 Å².